The maximum Gasteiger partial charge on any atom is 0.0467 e. The highest BCUT2D eigenvalue weighted by molar-refractivity contribution is 5.03. The molecule has 0 amide bonds. The van der Waals surface area contributed by atoms with E-state index in [2.05, 4.69) is 20.4 Å². The van der Waals surface area contributed by atoms with Crippen molar-refractivity contribution in [2.75, 3.05) is 6.61 Å². The van der Waals surface area contributed by atoms with Crippen LogP contribution in [0, 0.1) is 17.8 Å². The summed E-state index contributed by atoms with van der Waals surface area (Å²) >= 11 is 0. The fourth-order valence-electron chi connectivity index (χ4n) is 2.19. The molecule has 3 atom stereocenters. The summed E-state index contributed by atoms with van der Waals surface area (Å²) in [5.74, 6) is 1.74. The predicted octanol–water partition coefficient (Wildman–Crippen LogP) is 2.22. The topological polar surface area (TPSA) is 20.2 Å². The van der Waals surface area contributed by atoms with Gasteiger partial charge >= 0.3 is 0 Å². The lowest BCUT2D eigenvalue weighted by atomic mass is 9.87. The highest BCUT2D eigenvalue weighted by atomic mass is 16.3. The second-order valence-corrected chi connectivity index (χ2v) is 3.85. The van der Waals surface area contributed by atoms with Crippen LogP contribution in [0.25, 0.3) is 0 Å². The Hall–Kier alpha value is -0.300. The summed E-state index contributed by atoms with van der Waals surface area (Å²) in [5.41, 5.74) is 1.24. The first kappa shape index (κ1) is 8.79. The third-order valence-corrected chi connectivity index (χ3v) is 3.02. The largest absolute Gasteiger partial charge is 0.396 e. The van der Waals surface area contributed by atoms with Gasteiger partial charge in [-0.3, -0.25) is 0 Å². The minimum atomic E-state index is 0.332. The van der Waals surface area contributed by atoms with E-state index in [-0.39, 0.29) is 0 Å². The molecule has 64 valence electrons. The molecule has 0 spiro atoms. The molecule has 1 rings (SSSR count). The van der Waals surface area contributed by atoms with Crippen LogP contribution in [0.1, 0.15) is 26.7 Å². The van der Waals surface area contributed by atoms with Crippen LogP contribution in [-0.4, -0.2) is 11.7 Å². The molecule has 0 aliphatic heterocycles. The van der Waals surface area contributed by atoms with Gasteiger partial charge in [0.05, 0.1) is 0 Å². The molecule has 1 nitrogen and oxygen atoms in total. The molecule has 0 heterocycles. The minimum absolute atomic E-state index is 0.332. The maximum absolute atomic E-state index is 9.11. The van der Waals surface area contributed by atoms with Gasteiger partial charge in [0.1, 0.15) is 0 Å². The molecule has 1 aliphatic rings. The molecule has 0 aromatic carbocycles. The third kappa shape index (κ3) is 1.64. The van der Waals surface area contributed by atoms with Gasteiger partial charge in [-0.1, -0.05) is 19.1 Å². The van der Waals surface area contributed by atoms with Crippen LogP contribution in [0.4, 0.5) is 0 Å². The van der Waals surface area contributed by atoms with E-state index >= 15 is 0 Å². The van der Waals surface area contributed by atoms with E-state index in [1.54, 1.807) is 0 Å². The zero-order valence-corrected chi connectivity index (χ0v) is 7.51. The van der Waals surface area contributed by atoms with Gasteiger partial charge in [-0.25, -0.2) is 0 Å². The molecule has 1 aliphatic carbocycles. The lowest BCUT2D eigenvalue weighted by Gasteiger charge is -2.20. The molecule has 1 fully saturated rings. The smallest absolute Gasteiger partial charge is 0.0467 e. The normalized spacial score (nSPS) is 37.5. The van der Waals surface area contributed by atoms with Gasteiger partial charge in [0.15, 0.2) is 0 Å². The number of aliphatic hydroxyl groups excluding tert-OH is 1. The Labute approximate surface area is 69.1 Å². The molecular weight excluding hydrogens is 136 g/mol. The first-order chi connectivity index (χ1) is 5.16. The molecule has 1 heteroatoms. The summed E-state index contributed by atoms with van der Waals surface area (Å²) in [5, 5.41) is 9.11. The Morgan fingerprint density at radius 1 is 1.55 bits per heavy atom. The standard InChI is InChI=1S/C10H18O/c1-7(2)9-5-4-8(3)10(9)6-11/h8-11H,1,4-6H2,2-3H3/t8-,9+,10+/m1/s1. The summed E-state index contributed by atoms with van der Waals surface area (Å²) in [7, 11) is 0. The Kier molecular flexibility index (Phi) is 2.72. The molecule has 0 aromatic rings. The quantitative estimate of drug-likeness (QED) is 0.605. The molecule has 1 N–H and O–H groups in total. The lowest BCUT2D eigenvalue weighted by molar-refractivity contribution is 0.178. The maximum atomic E-state index is 9.11. The van der Waals surface area contributed by atoms with Crippen molar-refractivity contribution in [2.24, 2.45) is 17.8 Å². The Balaban J connectivity index is 2.61. The van der Waals surface area contributed by atoms with Gasteiger partial charge in [-0.15, -0.1) is 0 Å². The van der Waals surface area contributed by atoms with Crippen LogP contribution in [-0.2, 0) is 0 Å². The molecule has 0 saturated heterocycles. The Bertz CT molecular complexity index is 151. The molecular formula is C10H18O. The summed E-state index contributed by atoms with van der Waals surface area (Å²) in [6.07, 6.45) is 2.48. The van der Waals surface area contributed by atoms with Crippen LogP contribution < -0.4 is 0 Å². The van der Waals surface area contributed by atoms with Crippen molar-refractivity contribution in [3.8, 4) is 0 Å². The SMILES string of the molecule is C=C(C)[C@@H]1CC[C@@H](C)[C@@H]1CO. The summed E-state index contributed by atoms with van der Waals surface area (Å²) < 4.78 is 0. The van der Waals surface area contributed by atoms with Crippen LogP contribution >= 0.6 is 0 Å². The lowest BCUT2D eigenvalue weighted by Crippen LogP contribution is -2.17. The van der Waals surface area contributed by atoms with E-state index in [0.717, 1.165) is 0 Å². The van der Waals surface area contributed by atoms with Crippen LogP contribution in [0.15, 0.2) is 12.2 Å². The van der Waals surface area contributed by atoms with E-state index in [0.29, 0.717) is 24.4 Å². The number of hydrogen-bond donors (Lipinski definition) is 1. The Morgan fingerprint density at radius 3 is 2.55 bits per heavy atom. The van der Waals surface area contributed by atoms with Crippen molar-refractivity contribution in [2.45, 2.75) is 26.7 Å². The summed E-state index contributed by atoms with van der Waals surface area (Å²) in [6.45, 7) is 8.59. The van der Waals surface area contributed by atoms with E-state index in [1.807, 2.05) is 0 Å². The van der Waals surface area contributed by atoms with Crippen molar-refractivity contribution in [3.05, 3.63) is 12.2 Å². The third-order valence-electron chi connectivity index (χ3n) is 3.02. The number of aliphatic hydroxyl groups is 1. The van der Waals surface area contributed by atoms with E-state index < -0.39 is 0 Å². The number of hydrogen-bond acceptors (Lipinski definition) is 1. The second kappa shape index (κ2) is 3.40. The zero-order chi connectivity index (χ0) is 8.43. The minimum Gasteiger partial charge on any atom is -0.396 e. The Morgan fingerprint density at radius 2 is 2.18 bits per heavy atom. The van der Waals surface area contributed by atoms with Gasteiger partial charge in [-0.2, -0.15) is 0 Å². The predicted molar refractivity (Wildman–Crippen MR) is 47.3 cm³/mol. The molecule has 0 aromatic heterocycles. The average Bonchev–Trinajstić information content (AvgIpc) is 2.30. The number of rotatable bonds is 2. The summed E-state index contributed by atoms with van der Waals surface area (Å²) in [4.78, 5) is 0. The van der Waals surface area contributed by atoms with Crippen molar-refractivity contribution in [1.82, 2.24) is 0 Å². The first-order valence-electron chi connectivity index (χ1n) is 4.43. The van der Waals surface area contributed by atoms with Gasteiger partial charge in [0, 0.05) is 6.61 Å². The van der Waals surface area contributed by atoms with Crippen molar-refractivity contribution in [3.63, 3.8) is 0 Å². The van der Waals surface area contributed by atoms with Crippen molar-refractivity contribution < 1.29 is 5.11 Å². The first-order valence-corrected chi connectivity index (χ1v) is 4.43. The number of allylic oxidation sites excluding steroid dienone is 1. The van der Waals surface area contributed by atoms with Crippen molar-refractivity contribution >= 4 is 0 Å². The van der Waals surface area contributed by atoms with Crippen LogP contribution in [0.3, 0.4) is 0 Å². The highest BCUT2D eigenvalue weighted by Gasteiger charge is 2.32. The van der Waals surface area contributed by atoms with Crippen molar-refractivity contribution in [1.29, 1.82) is 0 Å². The molecule has 0 radical (unpaired) electrons. The van der Waals surface area contributed by atoms with Gasteiger partial charge in [0.2, 0.25) is 0 Å². The van der Waals surface area contributed by atoms with Crippen LogP contribution in [0.2, 0.25) is 0 Å². The molecule has 0 bridgehead atoms. The summed E-state index contributed by atoms with van der Waals surface area (Å²) in [6, 6.07) is 0. The van der Waals surface area contributed by atoms with E-state index in [9.17, 15) is 0 Å². The van der Waals surface area contributed by atoms with E-state index in [4.69, 9.17) is 5.11 Å². The van der Waals surface area contributed by atoms with Gasteiger partial charge < -0.3 is 5.11 Å². The second-order valence-electron chi connectivity index (χ2n) is 3.85. The highest BCUT2D eigenvalue weighted by Crippen LogP contribution is 2.39. The van der Waals surface area contributed by atoms with Crippen LogP contribution in [0.5, 0.6) is 0 Å². The average molecular weight is 154 g/mol. The molecule has 11 heavy (non-hydrogen) atoms. The molecule has 0 unspecified atom stereocenters. The van der Waals surface area contributed by atoms with E-state index in [1.165, 1.54) is 18.4 Å². The van der Waals surface area contributed by atoms with Gasteiger partial charge in [0.25, 0.3) is 0 Å². The van der Waals surface area contributed by atoms with Gasteiger partial charge in [-0.05, 0) is 37.5 Å². The molecule has 1 saturated carbocycles. The monoisotopic (exact) mass is 154 g/mol. The fraction of sp³-hybridized carbons (Fsp3) is 0.800. The fourth-order valence-corrected chi connectivity index (χ4v) is 2.19. The zero-order valence-electron chi connectivity index (χ0n) is 7.51.